The van der Waals surface area contributed by atoms with E-state index in [1.165, 1.54) is 6.42 Å². The summed E-state index contributed by atoms with van der Waals surface area (Å²) in [6.07, 6.45) is 2.40. The zero-order valence-electron chi connectivity index (χ0n) is 7.67. The highest BCUT2D eigenvalue weighted by molar-refractivity contribution is 5.04. The van der Waals surface area contributed by atoms with E-state index in [9.17, 15) is 5.11 Å². The lowest BCUT2D eigenvalue weighted by molar-refractivity contribution is -0.154. The van der Waals surface area contributed by atoms with Crippen LogP contribution in [-0.2, 0) is 0 Å². The van der Waals surface area contributed by atoms with E-state index in [0.717, 1.165) is 18.3 Å². The van der Waals surface area contributed by atoms with Gasteiger partial charge in [0, 0.05) is 0 Å². The summed E-state index contributed by atoms with van der Waals surface area (Å²) in [5, 5.41) is 9.61. The van der Waals surface area contributed by atoms with Crippen LogP contribution in [0.5, 0.6) is 0 Å². The third kappa shape index (κ3) is 0.807. The summed E-state index contributed by atoms with van der Waals surface area (Å²) in [6.45, 7) is 6.91. The molecule has 1 N–H and O–H groups in total. The number of aliphatic hydroxyl groups is 1. The SMILES string of the molecule is C[C@H]1[C@H](O)C[C@@H]2C[C@H]1C2(C)C. The lowest BCUT2D eigenvalue weighted by Crippen LogP contribution is -2.56. The molecule has 3 saturated carbocycles. The van der Waals surface area contributed by atoms with Gasteiger partial charge in [0.1, 0.15) is 0 Å². The summed E-state index contributed by atoms with van der Waals surface area (Å²) >= 11 is 0. The van der Waals surface area contributed by atoms with E-state index in [4.69, 9.17) is 0 Å². The lowest BCUT2D eigenvalue weighted by Gasteiger charge is -2.61. The molecule has 0 radical (unpaired) electrons. The van der Waals surface area contributed by atoms with Gasteiger partial charge in [0.25, 0.3) is 0 Å². The van der Waals surface area contributed by atoms with Crippen LogP contribution in [0.1, 0.15) is 33.6 Å². The molecule has 11 heavy (non-hydrogen) atoms. The van der Waals surface area contributed by atoms with Crippen molar-refractivity contribution in [3.8, 4) is 0 Å². The van der Waals surface area contributed by atoms with Crippen molar-refractivity contribution in [1.29, 1.82) is 0 Å². The molecule has 3 fully saturated rings. The molecule has 0 saturated heterocycles. The summed E-state index contributed by atoms with van der Waals surface area (Å²) in [4.78, 5) is 0. The van der Waals surface area contributed by atoms with Gasteiger partial charge in [0.05, 0.1) is 6.10 Å². The normalized spacial score (nSPS) is 53.5. The Morgan fingerprint density at radius 1 is 1.27 bits per heavy atom. The van der Waals surface area contributed by atoms with Gasteiger partial charge >= 0.3 is 0 Å². The van der Waals surface area contributed by atoms with Gasteiger partial charge in [-0.2, -0.15) is 0 Å². The molecule has 0 amide bonds. The molecule has 0 spiro atoms. The van der Waals surface area contributed by atoms with E-state index in [2.05, 4.69) is 20.8 Å². The minimum absolute atomic E-state index is 0.00762. The van der Waals surface area contributed by atoms with Crippen LogP contribution in [0.4, 0.5) is 0 Å². The predicted molar refractivity (Wildman–Crippen MR) is 45.2 cm³/mol. The largest absolute Gasteiger partial charge is 0.393 e. The first-order chi connectivity index (χ1) is 5.03. The molecule has 0 unspecified atom stereocenters. The van der Waals surface area contributed by atoms with Gasteiger partial charge in [-0.05, 0) is 36.0 Å². The average Bonchev–Trinajstić information content (AvgIpc) is 1.93. The Bertz CT molecular complexity index is 174. The molecule has 0 aromatic heterocycles. The zero-order chi connectivity index (χ0) is 8.22. The van der Waals surface area contributed by atoms with Crippen LogP contribution >= 0.6 is 0 Å². The molecule has 1 heteroatoms. The van der Waals surface area contributed by atoms with Crippen LogP contribution in [0.3, 0.4) is 0 Å². The molecule has 2 bridgehead atoms. The second-order valence-corrected chi connectivity index (χ2v) is 5.02. The van der Waals surface area contributed by atoms with Crippen LogP contribution < -0.4 is 0 Å². The van der Waals surface area contributed by atoms with Crippen LogP contribution in [-0.4, -0.2) is 11.2 Å². The van der Waals surface area contributed by atoms with Crippen LogP contribution in [0.25, 0.3) is 0 Å². The van der Waals surface area contributed by atoms with E-state index in [1.807, 2.05) is 0 Å². The van der Waals surface area contributed by atoms with Crippen LogP contribution in [0.2, 0.25) is 0 Å². The number of hydrogen-bond donors (Lipinski definition) is 1. The quantitative estimate of drug-likeness (QED) is 0.566. The second-order valence-electron chi connectivity index (χ2n) is 5.02. The molecule has 3 rings (SSSR count). The first kappa shape index (κ1) is 7.60. The third-order valence-corrected chi connectivity index (χ3v) is 4.31. The smallest absolute Gasteiger partial charge is 0.0571 e. The molecule has 0 aromatic carbocycles. The molecule has 3 aliphatic rings. The molecular formula is C10H18O. The van der Waals surface area contributed by atoms with E-state index in [0.29, 0.717) is 11.3 Å². The maximum atomic E-state index is 9.61. The highest BCUT2D eigenvalue weighted by Crippen LogP contribution is 2.61. The zero-order valence-corrected chi connectivity index (χ0v) is 7.67. The van der Waals surface area contributed by atoms with Crippen LogP contribution in [0, 0.1) is 23.2 Å². The van der Waals surface area contributed by atoms with Gasteiger partial charge in [-0.1, -0.05) is 20.8 Å². The van der Waals surface area contributed by atoms with E-state index in [-0.39, 0.29) is 6.10 Å². The second kappa shape index (κ2) is 2.01. The molecule has 0 heterocycles. The lowest BCUT2D eigenvalue weighted by atomic mass is 9.45. The Kier molecular flexibility index (Phi) is 1.39. The monoisotopic (exact) mass is 154 g/mol. The predicted octanol–water partition coefficient (Wildman–Crippen LogP) is 2.05. The van der Waals surface area contributed by atoms with Crippen molar-refractivity contribution in [1.82, 2.24) is 0 Å². The fourth-order valence-electron chi connectivity index (χ4n) is 3.12. The minimum Gasteiger partial charge on any atom is -0.393 e. The molecule has 4 atom stereocenters. The maximum Gasteiger partial charge on any atom is 0.0571 e. The number of rotatable bonds is 0. The highest BCUT2D eigenvalue weighted by Gasteiger charge is 2.55. The van der Waals surface area contributed by atoms with Crippen LogP contribution in [0.15, 0.2) is 0 Å². The summed E-state index contributed by atoms with van der Waals surface area (Å²) in [5.41, 5.74) is 0.526. The molecule has 0 aliphatic heterocycles. The van der Waals surface area contributed by atoms with Crippen molar-refractivity contribution in [2.24, 2.45) is 23.2 Å². The number of hydrogen-bond acceptors (Lipinski definition) is 1. The van der Waals surface area contributed by atoms with Gasteiger partial charge in [0.2, 0.25) is 0 Å². The molecule has 0 aromatic rings. The highest BCUT2D eigenvalue weighted by atomic mass is 16.3. The molecule has 3 aliphatic carbocycles. The number of aliphatic hydroxyl groups excluding tert-OH is 1. The van der Waals surface area contributed by atoms with Crippen molar-refractivity contribution >= 4 is 0 Å². The van der Waals surface area contributed by atoms with E-state index >= 15 is 0 Å². The van der Waals surface area contributed by atoms with Crippen molar-refractivity contribution in [3.05, 3.63) is 0 Å². The minimum atomic E-state index is -0.00762. The first-order valence-corrected chi connectivity index (χ1v) is 4.71. The third-order valence-electron chi connectivity index (χ3n) is 4.31. The summed E-state index contributed by atoms with van der Waals surface area (Å²) < 4.78 is 0. The van der Waals surface area contributed by atoms with Crippen molar-refractivity contribution in [3.63, 3.8) is 0 Å². The van der Waals surface area contributed by atoms with Gasteiger partial charge in [-0.25, -0.2) is 0 Å². The Labute approximate surface area is 68.8 Å². The van der Waals surface area contributed by atoms with Gasteiger partial charge in [-0.15, -0.1) is 0 Å². The summed E-state index contributed by atoms with van der Waals surface area (Å²) in [7, 11) is 0. The Hall–Kier alpha value is -0.0400. The Morgan fingerprint density at radius 3 is 2.27 bits per heavy atom. The molecular weight excluding hydrogens is 136 g/mol. The standard InChI is InChI=1S/C10H18O/c1-6-8-4-7(5-9(6)11)10(8,2)3/h6-9,11H,4-5H2,1-3H3/t6-,7+,8-,9-/m1/s1. The van der Waals surface area contributed by atoms with E-state index < -0.39 is 0 Å². The Morgan fingerprint density at radius 2 is 1.91 bits per heavy atom. The van der Waals surface area contributed by atoms with Crippen molar-refractivity contribution in [2.75, 3.05) is 0 Å². The van der Waals surface area contributed by atoms with Gasteiger partial charge in [-0.3, -0.25) is 0 Å². The first-order valence-electron chi connectivity index (χ1n) is 4.71. The van der Waals surface area contributed by atoms with Gasteiger partial charge in [0.15, 0.2) is 0 Å². The fourth-order valence-corrected chi connectivity index (χ4v) is 3.12. The number of fused-ring (bicyclic) bond motifs is 2. The van der Waals surface area contributed by atoms with E-state index in [1.54, 1.807) is 0 Å². The topological polar surface area (TPSA) is 20.2 Å². The van der Waals surface area contributed by atoms with Crippen molar-refractivity contribution in [2.45, 2.75) is 39.7 Å². The van der Waals surface area contributed by atoms with Gasteiger partial charge < -0.3 is 5.11 Å². The molecule has 1 nitrogen and oxygen atoms in total. The summed E-state index contributed by atoms with van der Waals surface area (Å²) in [6, 6.07) is 0. The van der Waals surface area contributed by atoms with Crippen molar-refractivity contribution < 1.29 is 5.11 Å². The summed E-state index contributed by atoms with van der Waals surface area (Å²) in [5.74, 6) is 2.13. The fraction of sp³-hybridized carbons (Fsp3) is 1.00. The maximum absolute atomic E-state index is 9.61. The average molecular weight is 154 g/mol. The molecule has 64 valence electrons. The Balaban J connectivity index is 2.17.